The van der Waals surface area contributed by atoms with Gasteiger partial charge in [-0.1, -0.05) is 11.3 Å². The highest BCUT2D eigenvalue weighted by Gasteiger charge is 2.37. The lowest BCUT2D eigenvalue weighted by atomic mass is 10.00. The van der Waals surface area contributed by atoms with Gasteiger partial charge in [-0.25, -0.2) is 9.67 Å². The van der Waals surface area contributed by atoms with Crippen molar-refractivity contribution >= 4 is 11.6 Å². The molecule has 0 radical (unpaired) electrons. The molecule has 0 N–H and O–H groups in total. The number of hydrogen-bond acceptors (Lipinski definition) is 5. The molecule has 0 aromatic carbocycles. The van der Waals surface area contributed by atoms with Gasteiger partial charge in [-0.15, -0.1) is 5.10 Å². The molecule has 1 amide bonds. The number of rotatable bonds is 2. The first kappa shape index (κ1) is 14.6. The molecule has 25 heavy (non-hydrogen) atoms. The molecule has 8 nitrogen and oxygen atoms in total. The van der Waals surface area contributed by atoms with Crippen LogP contribution in [0.5, 0.6) is 0 Å². The third-order valence-electron chi connectivity index (χ3n) is 5.11. The van der Waals surface area contributed by atoms with Crippen molar-refractivity contribution in [1.29, 1.82) is 0 Å². The largest absolute Gasteiger partial charge is 0.370 e. The molecule has 1 saturated heterocycles. The van der Waals surface area contributed by atoms with Gasteiger partial charge in [0.25, 0.3) is 0 Å². The van der Waals surface area contributed by atoms with E-state index in [9.17, 15) is 4.79 Å². The van der Waals surface area contributed by atoms with Crippen molar-refractivity contribution in [3.8, 4) is 0 Å². The first-order valence-electron chi connectivity index (χ1n) is 8.49. The van der Waals surface area contributed by atoms with Gasteiger partial charge in [0.15, 0.2) is 0 Å². The highest BCUT2D eigenvalue weighted by atomic mass is 16.5. The first-order chi connectivity index (χ1) is 12.3. The number of piperidine rings is 1. The fourth-order valence-corrected chi connectivity index (χ4v) is 3.79. The van der Waals surface area contributed by atoms with Crippen molar-refractivity contribution in [1.82, 2.24) is 29.3 Å². The zero-order chi connectivity index (χ0) is 16.8. The number of likely N-dealkylation sites (tertiary alicyclic amines) is 1. The van der Waals surface area contributed by atoms with Crippen LogP contribution in [0.1, 0.15) is 23.9 Å². The summed E-state index contributed by atoms with van der Waals surface area (Å²) in [4.78, 5) is 19.1. The van der Waals surface area contributed by atoms with E-state index in [-0.39, 0.29) is 18.1 Å². The maximum atomic E-state index is 12.8. The van der Waals surface area contributed by atoms with Gasteiger partial charge in [-0.2, -0.15) is 0 Å². The van der Waals surface area contributed by atoms with Crippen LogP contribution in [0, 0.1) is 0 Å². The molecule has 3 aromatic heterocycles. The van der Waals surface area contributed by atoms with Crippen molar-refractivity contribution < 1.29 is 9.53 Å². The lowest BCUT2D eigenvalue weighted by Gasteiger charge is -2.41. The SMILES string of the molecule is O=C(Cc1cnc2ccccn12)N1CC[C@H]2OCc3cnnn3[C@@H]2C1. The quantitative estimate of drug-likeness (QED) is 0.692. The van der Waals surface area contributed by atoms with Crippen LogP contribution >= 0.6 is 0 Å². The molecule has 8 heteroatoms. The Bertz CT molecular complexity index is 932. The number of hydrogen-bond donors (Lipinski definition) is 0. The molecule has 3 aromatic rings. The van der Waals surface area contributed by atoms with E-state index in [0.717, 1.165) is 23.5 Å². The average Bonchev–Trinajstić information content (AvgIpc) is 3.28. The van der Waals surface area contributed by atoms with Gasteiger partial charge in [0.2, 0.25) is 5.91 Å². The van der Waals surface area contributed by atoms with Crippen LogP contribution in [0.25, 0.3) is 5.65 Å². The molecular formula is C17H18N6O2. The summed E-state index contributed by atoms with van der Waals surface area (Å²) >= 11 is 0. The summed E-state index contributed by atoms with van der Waals surface area (Å²) in [5, 5.41) is 8.16. The molecule has 0 aliphatic carbocycles. The molecule has 1 fully saturated rings. The average molecular weight is 338 g/mol. The Labute approximate surface area is 144 Å². The van der Waals surface area contributed by atoms with Crippen LogP contribution < -0.4 is 0 Å². The Hall–Kier alpha value is -2.74. The Morgan fingerprint density at radius 1 is 1.32 bits per heavy atom. The number of imidazole rings is 1. The van der Waals surface area contributed by atoms with Crippen LogP contribution in [0.3, 0.4) is 0 Å². The molecule has 0 saturated carbocycles. The number of pyridine rings is 1. The highest BCUT2D eigenvalue weighted by molar-refractivity contribution is 5.78. The third kappa shape index (κ3) is 2.41. The van der Waals surface area contributed by atoms with E-state index < -0.39 is 0 Å². The summed E-state index contributed by atoms with van der Waals surface area (Å²) in [6.07, 6.45) is 6.72. The Kier molecular flexibility index (Phi) is 3.30. The van der Waals surface area contributed by atoms with Crippen molar-refractivity contribution in [3.05, 3.63) is 48.2 Å². The van der Waals surface area contributed by atoms with Crippen LogP contribution in [0.15, 0.2) is 36.8 Å². The Balaban J connectivity index is 1.35. The molecule has 128 valence electrons. The molecule has 0 unspecified atom stereocenters. The predicted molar refractivity (Wildman–Crippen MR) is 87.7 cm³/mol. The van der Waals surface area contributed by atoms with E-state index in [4.69, 9.17) is 4.74 Å². The predicted octanol–water partition coefficient (Wildman–Crippen LogP) is 0.841. The topological polar surface area (TPSA) is 77.6 Å². The molecule has 5 heterocycles. The van der Waals surface area contributed by atoms with E-state index in [2.05, 4.69) is 15.3 Å². The second-order valence-electron chi connectivity index (χ2n) is 6.57. The smallest absolute Gasteiger partial charge is 0.228 e. The van der Waals surface area contributed by atoms with Crippen LogP contribution in [-0.4, -0.2) is 54.4 Å². The molecule has 2 aliphatic rings. The number of nitrogens with zero attached hydrogens (tertiary/aromatic N) is 6. The summed E-state index contributed by atoms with van der Waals surface area (Å²) in [5.74, 6) is 0.108. The van der Waals surface area contributed by atoms with Gasteiger partial charge in [0.1, 0.15) is 5.65 Å². The fourth-order valence-electron chi connectivity index (χ4n) is 3.79. The standard InChI is InChI=1S/C17H18N6O2/c24-17(7-12-8-18-16-3-1-2-5-22(12)16)21-6-4-15-14(10-21)23-13(11-25-15)9-19-20-23/h1-3,5,8-9,14-15H,4,6-7,10-11H2/t14-,15-/m1/s1. The summed E-state index contributed by atoms with van der Waals surface area (Å²) in [6, 6.07) is 5.87. The highest BCUT2D eigenvalue weighted by Crippen LogP contribution is 2.30. The monoisotopic (exact) mass is 338 g/mol. The van der Waals surface area contributed by atoms with Gasteiger partial charge in [-0.3, -0.25) is 4.79 Å². The number of ether oxygens (including phenoxy) is 1. The molecule has 0 bridgehead atoms. The molecule has 2 atom stereocenters. The zero-order valence-electron chi connectivity index (χ0n) is 13.7. The third-order valence-corrected chi connectivity index (χ3v) is 5.11. The zero-order valence-corrected chi connectivity index (χ0v) is 13.7. The van der Waals surface area contributed by atoms with Gasteiger partial charge in [0.05, 0.1) is 42.8 Å². The number of carbonyl (C=O) groups is 1. The number of carbonyl (C=O) groups excluding carboxylic acids is 1. The number of amides is 1. The van der Waals surface area contributed by atoms with Crippen LogP contribution in [-0.2, 0) is 22.6 Å². The summed E-state index contributed by atoms with van der Waals surface area (Å²) in [6.45, 7) is 1.86. The molecule has 2 aliphatic heterocycles. The maximum Gasteiger partial charge on any atom is 0.228 e. The van der Waals surface area contributed by atoms with Crippen molar-refractivity contribution in [2.45, 2.75) is 31.6 Å². The lowest BCUT2D eigenvalue weighted by molar-refractivity contribution is -0.137. The van der Waals surface area contributed by atoms with E-state index in [1.54, 1.807) is 12.4 Å². The Morgan fingerprint density at radius 3 is 3.24 bits per heavy atom. The minimum atomic E-state index is 0.0473. The number of aromatic nitrogens is 5. The summed E-state index contributed by atoms with van der Waals surface area (Å²) in [5.41, 5.74) is 2.73. The lowest BCUT2D eigenvalue weighted by Crippen LogP contribution is -2.50. The van der Waals surface area contributed by atoms with E-state index in [1.165, 1.54) is 0 Å². The maximum absolute atomic E-state index is 12.8. The second-order valence-corrected chi connectivity index (χ2v) is 6.57. The van der Waals surface area contributed by atoms with Crippen LogP contribution in [0.4, 0.5) is 0 Å². The van der Waals surface area contributed by atoms with Gasteiger partial charge >= 0.3 is 0 Å². The van der Waals surface area contributed by atoms with E-state index in [0.29, 0.717) is 26.1 Å². The summed E-state index contributed by atoms with van der Waals surface area (Å²) < 4.78 is 9.79. The fraction of sp³-hybridized carbons (Fsp3) is 0.412. The second kappa shape index (κ2) is 5.66. The van der Waals surface area contributed by atoms with Crippen molar-refractivity contribution in [3.63, 3.8) is 0 Å². The normalized spacial score (nSPS) is 22.6. The van der Waals surface area contributed by atoms with Gasteiger partial charge in [0, 0.05) is 25.5 Å². The molecular weight excluding hydrogens is 320 g/mol. The van der Waals surface area contributed by atoms with Crippen LogP contribution in [0.2, 0.25) is 0 Å². The van der Waals surface area contributed by atoms with Gasteiger partial charge < -0.3 is 14.0 Å². The van der Waals surface area contributed by atoms with Crippen molar-refractivity contribution in [2.24, 2.45) is 0 Å². The minimum Gasteiger partial charge on any atom is -0.370 e. The molecule has 5 rings (SSSR count). The Morgan fingerprint density at radius 2 is 2.28 bits per heavy atom. The van der Waals surface area contributed by atoms with E-state index in [1.807, 2.05) is 38.4 Å². The minimum absolute atomic E-state index is 0.0473. The van der Waals surface area contributed by atoms with Crippen molar-refractivity contribution in [2.75, 3.05) is 13.1 Å². The molecule has 0 spiro atoms. The summed E-state index contributed by atoms with van der Waals surface area (Å²) in [7, 11) is 0. The van der Waals surface area contributed by atoms with Gasteiger partial charge in [-0.05, 0) is 18.6 Å². The van der Waals surface area contributed by atoms with E-state index >= 15 is 0 Å². The first-order valence-corrected chi connectivity index (χ1v) is 8.49. The number of fused-ring (bicyclic) bond motifs is 4.